The van der Waals surface area contributed by atoms with Crippen LogP contribution in [0.1, 0.15) is 44.3 Å². The number of hydrogen-bond donors (Lipinski definition) is 3. The van der Waals surface area contributed by atoms with Gasteiger partial charge in [-0.25, -0.2) is 34.9 Å². The van der Waals surface area contributed by atoms with Crippen LogP contribution in [0.25, 0.3) is 84.6 Å². The van der Waals surface area contributed by atoms with Gasteiger partial charge in [0.1, 0.15) is 39.5 Å². The topological polar surface area (TPSA) is 260 Å². The van der Waals surface area contributed by atoms with Gasteiger partial charge in [0.2, 0.25) is 0 Å². The van der Waals surface area contributed by atoms with Crippen molar-refractivity contribution in [1.29, 1.82) is 0 Å². The fourth-order valence-electron chi connectivity index (χ4n) is 15.1. The van der Waals surface area contributed by atoms with Gasteiger partial charge >= 0.3 is 0 Å². The molecule has 0 saturated carbocycles. The molecular formula is C85H92N22O6. The number of aromatic nitrogens is 14. The molecule has 1 aromatic carbocycles. The van der Waals surface area contributed by atoms with Crippen LogP contribution in [0.3, 0.4) is 0 Å². The summed E-state index contributed by atoms with van der Waals surface area (Å²) in [6.07, 6.45) is 20.5. The molecule has 578 valence electrons. The van der Waals surface area contributed by atoms with Gasteiger partial charge in [-0.3, -0.25) is 36.8 Å². The number of likely N-dealkylation sites (N-methyl/N-ethyl adjacent to an activating group) is 1. The van der Waals surface area contributed by atoms with Crippen LogP contribution in [0.5, 0.6) is 11.5 Å². The van der Waals surface area contributed by atoms with Gasteiger partial charge in [0.05, 0.1) is 76.3 Å². The average molecular weight is 1520 g/mol. The molecule has 4 aliphatic rings. The lowest BCUT2D eigenvalue weighted by Crippen LogP contribution is -2.49. The summed E-state index contributed by atoms with van der Waals surface area (Å²) < 4.78 is 23.4. The standard InChI is InChI=1S/C22H26N4O3.3C21H22N6O/c1-4-29-20-11-16(5-7-19(20)28-3)18-12-22(27)26-14-17(6-8-21(26)24-18)25-10-9-23-15(2)13-25;1-15-12-26-13-16(3-5-19(26)22-15)18-11-21(28)27-14-17(4-6-20(27)23-18)25-9-7-24(2)8-10-25;1-14-10-25(8-7-22-14)17-4-6-20-24-18(9-21(28)27(20)13-17)16-3-5-19-23-15(2)11-26(19)12-16;1-15-12-26-13-16(3-5-19(26)23-15)18-11-21(28)27-14-17(4-6-20(27)24-18)25-9-2-7-22-8-10-25/h5-8,11-12,14-15,23H,4,9-10,13H2,1-3H3;3-6,11-14H,7-10H2,1-2H3;3-6,9,11-14,22H,7-8,10H2,1-2H3;3-6,11-14,22H,2,7-10H2,1H3/t15-;;14-;/m0.0./s1. The lowest BCUT2D eigenvalue weighted by molar-refractivity contribution is 0.311. The third-order valence-electron chi connectivity index (χ3n) is 21.0. The molecule has 0 spiro atoms. The summed E-state index contributed by atoms with van der Waals surface area (Å²) in [6, 6.07) is 40.4. The van der Waals surface area contributed by atoms with Crippen molar-refractivity contribution in [3.8, 4) is 56.5 Å². The molecule has 14 aromatic heterocycles. The Morgan fingerprint density at radius 3 is 1.12 bits per heavy atom. The number of hydrogen-bond acceptors (Lipinski definition) is 21. The molecule has 28 heteroatoms. The van der Waals surface area contributed by atoms with E-state index in [-0.39, 0.29) is 22.2 Å². The Labute approximate surface area is 651 Å². The van der Waals surface area contributed by atoms with E-state index in [2.05, 4.69) is 88.4 Å². The number of piperazine rings is 3. The first-order valence-corrected chi connectivity index (χ1v) is 38.6. The molecule has 0 radical (unpaired) electrons. The Hall–Kier alpha value is -12.6. The van der Waals surface area contributed by atoms with Gasteiger partial charge < -0.3 is 63.1 Å². The molecule has 19 rings (SSSR count). The fourth-order valence-corrected chi connectivity index (χ4v) is 15.1. The zero-order valence-electron chi connectivity index (χ0n) is 64.8. The number of nitrogens with zero attached hydrogens (tertiary/aromatic N) is 19. The predicted molar refractivity (Wildman–Crippen MR) is 445 cm³/mol. The third-order valence-corrected chi connectivity index (χ3v) is 21.0. The second-order valence-corrected chi connectivity index (χ2v) is 29.4. The van der Waals surface area contributed by atoms with E-state index in [0.29, 0.717) is 75.6 Å². The first kappa shape index (κ1) is 74.5. The smallest absolute Gasteiger partial charge is 0.258 e. The van der Waals surface area contributed by atoms with Gasteiger partial charge in [-0.2, -0.15) is 0 Å². The highest BCUT2D eigenvalue weighted by molar-refractivity contribution is 5.69. The van der Waals surface area contributed by atoms with Crippen molar-refractivity contribution in [2.45, 2.75) is 60.0 Å². The van der Waals surface area contributed by atoms with E-state index in [4.69, 9.17) is 29.4 Å². The highest BCUT2D eigenvalue weighted by atomic mass is 16.5. The van der Waals surface area contributed by atoms with Gasteiger partial charge in [0.15, 0.2) is 11.5 Å². The van der Waals surface area contributed by atoms with Crippen LogP contribution in [0.15, 0.2) is 209 Å². The fraction of sp³-hybridized carbons (Fsp3) is 0.306. The van der Waals surface area contributed by atoms with Crippen LogP contribution in [0.4, 0.5) is 22.7 Å². The van der Waals surface area contributed by atoms with Crippen LogP contribution in [-0.2, 0) is 0 Å². The van der Waals surface area contributed by atoms with Crippen molar-refractivity contribution in [3.05, 3.63) is 248 Å². The SMILES string of the molecule is CCOc1cc(-c2cc(=O)n3cc(N4CCN[C@@H](C)C4)ccc3n2)ccc1OC.Cc1cn2cc(-c3cc(=O)n4cc(N5CCCNCC5)ccc4n3)ccc2n1.Cc1cn2cc(-c3cc(=O)n4cc(N5CCN(C)CC5)ccc4n3)ccc2n1.Cc1cn2cc(-c3cc(=O)n4cc(N5CCN[C@@H](C)C5)ccc4n3)ccc2n1. The lowest BCUT2D eigenvalue weighted by Gasteiger charge is -2.34. The number of pyridine rings is 7. The Morgan fingerprint density at radius 2 is 0.735 bits per heavy atom. The number of imidazole rings is 3. The number of methoxy groups -OCH3 is 1. The molecule has 3 N–H and O–H groups in total. The molecule has 0 bridgehead atoms. The maximum absolute atomic E-state index is 12.8. The molecule has 18 heterocycles. The van der Waals surface area contributed by atoms with Crippen LogP contribution in [0, 0.1) is 20.8 Å². The summed E-state index contributed by atoms with van der Waals surface area (Å²) in [5.74, 6) is 1.29. The highest BCUT2D eigenvalue weighted by Gasteiger charge is 2.22. The van der Waals surface area contributed by atoms with Crippen molar-refractivity contribution < 1.29 is 9.47 Å². The van der Waals surface area contributed by atoms with Gasteiger partial charge in [-0.15, -0.1) is 0 Å². The molecule has 4 fully saturated rings. The quantitative estimate of drug-likeness (QED) is 0.109. The molecule has 4 saturated heterocycles. The van der Waals surface area contributed by atoms with E-state index >= 15 is 0 Å². The number of rotatable bonds is 11. The second kappa shape index (κ2) is 32.4. The van der Waals surface area contributed by atoms with Crippen LogP contribution < -0.4 is 67.3 Å². The summed E-state index contributed by atoms with van der Waals surface area (Å²) in [7, 11) is 3.74. The first-order valence-electron chi connectivity index (χ1n) is 38.6. The molecule has 15 aromatic rings. The number of nitrogens with one attached hydrogen (secondary N) is 3. The third kappa shape index (κ3) is 16.4. The second-order valence-electron chi connectivity index (χ2n) is 29.4. The van der Waals surface area contributed by atoms with Crippen molar-refractivity contribution in [2.75, 3.05) is 132 Å². The molecule has 28 nitrogen and oxygen atoms in total. The summed E-state index contributed by atoms with van der Waals surface area (Å²) >= 11 is 0. The number of anilines is 4. The molecule has 4 aliphatic heterocycles. The van der Waals surface area contributed by atoms with Gasteiger partial charge in [-0.05, 0) is 165 Å². The summed E-state index contributed by atoms with van der Waals surface area (Å²) in [5.41, 5.74) is 18.1. The van der Waals surface area contributed by atoms with Crippen molar-refractivity contribution >= 4 is 62.3 Å². The average Bonchev–Trinajstić information content (AvgIpc) is 1.12. The van der Waals surface area contributed by atoms with Gasteiger partial charge in [0, 0.05) is 206 Å². The maximum Gasteiger partial charge on any atom is 0.258 e. The highest BCUT2D eigenvalue weighted by Crippen LogP contribution is 2.33. The molecule has 0 amide bonds. The summed E-state index contributed by atoms with van der Waals surface area (Å²) in [4.78, 5) is 95.0. The molecule has 0 aliphatic carbocycles. The van der Waals surface area contributed by atoms with Crippen LogP contribution in [-0.4, -0.2) is 195 Å². The number of aryl methyl sites for hydroxylation is 3. The van der Waals surface area contributed by atoms with Crippen molar-refractivity contribution in [3.63, 3.8) is 0 Å². The van der Waals surface area contributed by atoms with E-state index in [1.165, 1.54) is 0 Å². The largest absolute Gasteiger partial charge is 0.493 e. The van der Waals surface area contributed by atoms with E-state index in [9.17, 15) is 19.2 Å². The Bertz CT molecular complexity index is 6110. The Morgan fingerprint density at radius 1 is 0.372 bits per heavy atom. The van der Waals surface area contributed by atoms with E-state index in [1.807, 2.05) is 194 Å². The maximum atomic E-state index is 12.8. The normalized spacial score (nSPS) is 16.3. The predicted octanol–water partition coefficient (Wildman–Crippen LogP) is 8.87. The van der Waals surface area contributed by atoms with E-state index < -0.39 is 0 Å². The molecular weight excluding hydrogens is 1430 g/mol. The minimum Gasteiger partial charge on any atom is -0.493 e. The number of benzene rings is 1. The Balaban J connectivity index is 0.000000114. The monoisotopic (exact) mass is 1520 g/mol. The Kier molecular flexibility index (Phi) is 21.3. The van der Waals surface area contributed by atoms with Crippen molar-refractivity contribution in [2.24, 2.45) is 0 Å². The number of ether oxygens (including phenoxy) is 2. The zero-order valence-corrected chi connectivity index (χ0v) is 64.8. The lowest BCUT2D eigenvalue weighted by atomic mass is 10.1. The van der Waals surface area contributed by atoms with Crippen LogP contribution >= 0.6 is 0 Å². The molecule has 113 heavy (non-hydrogen) atoms. The summed E-state index contributed by atoms with van der Waals surface area (Å²) in [6.45, 7) is 26.2. The van der Waals surface area contributed by atoms with Gasteiger partial charge in [0.25, 0.3) is 22.2 Å². The van der Waals surface area contributed by atoms with Gasteiger partial charge in [-0.1, -0.05) is 0 Å². The van der Waals surface area contributed by atoms with Crippen LogP contribution in [0.2, 0.25) is 0 Å². The molecule has 2 atom stereocenters. The molecule has 0 unspecified atom stereocenters. The first-order chi connectivity index (χ1) is 54.9. The zero-order chi connectivity index (χ0) is 78.0. The summed E-state index contributed by atoms with van der Waals surface area (Å²) in [5, 5.41) is 10.3. The van der Waals surface area contributed by atoms with E-state index in [0.717, 1.165) is 177 Å². The minimum atomic E-state index is -0.108. The minimum absolute atomic E-state index is 0.0714. The number of fused-ring (bicyclic) bond motifs is 7. The van der Waals surface area contributed by atoms with Crippen molar-refractivity contribution in [1.82, 2.24) is 86.5 Å². The van der Waals surface area contributed by atoms with E-state index in [1.54, 1.807) is 49.0 Å².